The lowest BCUT2D eigenvalue weighted by Crippen LogP contribution is -2.41. The maximum absolute atomic E-state index is 12.5. The smallest absolute Gasteiger partial charge is 0.221 e. The number of hydrogen-bond donors (Lipinski definition) is 1. The fraction of sp³-hybridized carbons (Fsp3) is 0.381. The minimum absolute atomic E-state index is 0.0351. The first-order valence-corrected chi connectivity index (χ1v) is 10.3. The average molecular weight is 406 g/mol. The molecule has 0 bridgehead atoms. The number of amides is 1. The van der Waals surface area contributed by atoms with Gasteiger partial charge in [0.25, 0.3) is 0 Å². The number of carbonyl (C=O) groups excluding carboxylic acids is 1. The summed E-state index contributed by atoms with van der Waals surface area (Å²) < 4.78 is 11.4. The summed E-state index contributed by atoms with van der Waals surface area (Å²) in [4.78, 5) is 13.6. The van der Waals surface area contributed by atoms with E-state index in [1.165, 1.54) is 0 Å². The first-order valence-electron chi connectivity index (χ1n) is 8.91. The Morgan fingerprint density at radius 2 is 2.04 bits per heavy atom. The van der Waals surface area contributed by atoms with Crippen LogP contribution >= 0.6 is 23.4 Å². The molecule has 0 unspecified atom stereocenters. The highest BCUT2D eigenvalue weighted by atomic mass is 35.5. The zero-order chi connectivity index (χ0) is 19.4. The highest BCUT2D eigenvalue weighted by molar-refractivity contribution is 7.99. The summed E-state index contributed by atoms with van der Waals surface area (Å²) in [7, 11) is 1.64. The quantitative estimate of drug-likeness (QED) is 0.667. The maximum Gasteiger partial charge on any atom is 0.221 e. The van der Waals surface area contributed by atoms with Gasteiger partial charge < -0.3 is 14.8 Å². The number of nitrogens with one attached hydrogen (secondary N) is 1. The summed E-state index contributed by atoms with van der Waals surface area (Å²) in [5, 5.41) is 3.88. The summed E-state index contributed by atoms with van der Waals surface area (Å²) in [5.41, 5.74) is 0.629. The van der Waals surface area contributed by atoms with Crippen molar-refractivity contribution in [2.24, 2.45) is 0 Å². The molecule has 1 atom stereocenters. The first-order chi connectivity index (χ1) is 12.9. The zero-order valence-corrected chi connectivity index (χ0v) is 17.3. The topological polar surface area (TPSA) is 47.6 Å². The van der Waals surface area contributed by atoms with Crippen LogP contribution in [0.25, 0.3) is 0 Å². The Bertz CT molecular complexity index is 808. The van der Waals surface area contributed by atoms with Gasteiger partial charge in [-0.3, -0.25) is 4.79 Å². The molecule has 0 spiro atoms. The molecule has 1 aliphatic rings. The summed E-state index contributed by atoms with van der Waals surface area (Å²) in [6.07, 6.45) is 1.16. The SMILES string of the molecule is COc1ccc2c(c1)[C@H](NC(=O)CCSc1ccc(Cl)cc1)CC(C)(C)O2. The van der Waals surface area contributed by atoms with Crippen molar-refractivity contribution in [1.29, 1.82) is 0 Å². The van der Waals surface area contributed by atoms with Gasteiger partial charge in [0.05, 0.1) is 13.2 Å². The molecule has 1 N–H and O–H groups in total. The van der Waals surface area contributed by atoms with E-state index in [-0.39, 0.29) is 17.6 Å². The Morgan fingerprint density at radius 1 is 1.30 bits per heavy atom. The van der Waals surface area contributed by atoms with E-state index >= 15 is 0 Å². The first kappa shape index (κ1) is 19.9. The van der Waals surface area contributed by atoms with Crippen LogP contribution in [0.2, 0.25) is 5.02 Å². The molecule has 2 aromatic rings. The Hall–Kier alpha value is -1.85. The van der Waals surface area contributed by atoms with E-state index in [1.807, 2.05) is 56.3 Å². The van der Waals surface area contributed by atoms with Crippen molar-refractivity contribution < 1.29 is 14.3 Å². The molecule has 6 heteroatoms. The molecule has 1 heterocycles. The van der Waals surface area contributed by atoms with Crippen LogP contribution in [0.1, 0.15) is 38.3 Å². The van der Waals surface area contributed by atoms with Crippen molar-refractivity contribution in [3.8, 4) is 11.5 Å². The summed E-state index contributed by atoms with van der Waals surface area (Å²) in [6, 6.07) is 13.3. The Balaban J connectivity index is 1.62. The number of hydrogen-bond acceptors (Lipinski definition) is 4. The lowest BCUT2D eigenvalue weighted by molar-refractivity contribution is -0.121. The number of benzene rings is 2. The van der Waals surface area contributed by atoms with Crippen molar-refractivity contribution in [3.05, 3.63) is 53.1 Å². The van der Waals surface area contributed by atoms with Gasteiger partial charge in [0.1, 0.15) is 17.1 Å². The molecule has 144 valence electrons. The molecule has 0 radical (unpaired) electrons. The van der Waals surface area contributed by atoms with Crippen LogP contribution in [-0.4, -0.2) is 24.4 Å². The van der Waals surface area contributed by atoms with Crippen LogP contribution < -0.4 is 14.8 Å². The molecule has 1 amide bonds. The fourth-order valence-corrected chi connectivity index (χ4v) is 4.13. The largest absolute Gasteiger partial charge is 0.497 e. The average Bonchev–Trinajstić information content (AvgIpc) is 2.62. The Kier molecular flexibility index (Phi) is 6.22. The molecule has 3 rings (SSSR count). The van der Waals surface area contributed by atoms with Gasteiger partial charge in [-0.2, -0.15) is 0 Å². The van der Waals surface area contributed by atoms with E-state index in [2.05, 4.69) is 5.32 Å². The Labute approximate surface area is 169 Å². The van der Waals surface area contributed by atoms with Crippen LogP contribution in [-0.2, 0) is 4.79 Å². The molecule has 0 fully saturated rings. The van der Waals surface area contributed by atoms with Crippen LogP contribution in [0.5, 0.6) is 11.5 Å². The van der Waals surface area contributed by atoms with E-state index in [4.69, 9.17) is 21.1 Å². The van der Waals surface area contributed by atoms with Crippen molar-refractivity contribution in [1.82, 2.24) is 5.32 Å². The van der Waals surface area contributed by atoms with Crippen LogP contribution in [0.3, 0.4) is 0 Å². The predicted molar refractivity (Wildman–Crippen MR) is 110 cm³/mol. The molecular formula is C21H24ClNO3S. The molecule has 0 saturated heterocycles. The number of ether oxygens (including phenoxy) is 2. The number of carbonyl (C=O) groups is 1. The third-order valence-electron chi connectivity index (χ3n) is 4.42. The Morgan fingerprint density at radius 3 is 2.74 bits per heavy atom. The van der Waals surface area contributed by atoms with Crippen molar-refractivity contribution >= 4 is 29.3 Å². The molecule has 0 saturated carbocycles. The minimum atomic E-state index is -0.336. The van der Waals surface area contributed by atoms with E-state index in [1.54, 1.807) is 18.9 Å². The third-order valence-corrected chi connectivity index (χ3v) is 5.69. The highest BCUT2D eigenvalue weighted by Gasteiger charge is 2.34. The van der Waals surface area contributed by atoms with Gasteiger partial charge in [0, 0.05) is 34.1 Å². The third kappa shape index (κ3) is 5.33. The molecule has 27 heavy (non-hydrogen) atoms. The molecule has 4 nitrogen and oxygen atoms in total. The lowest BCUT2D eigenvalue weighted by atomic mass is 9.89. The monoisotopic (exact) mass is 405 g/mol. The summed E-state index contributed by atoms with van der Waals surface area (Å²) in [6.45, 7) is 4.07. The van der Waals surface area contributed by atoms with Crippen LogP contribution in [0.15, 0.2) is 47.4 Å². The normalized spacial score (nSPS) is 17.6. The maximum atomic E-state index is 12.5. The van der Waals surface area contributed by atoms with Crippen molar-refractivity contribution in [2.75, 3.05) is 12.9 Å². The predicted octanol–water partition coefficient (Wildman–Crippen LogP) is 5.25. The number of halogens is 1. The van der Waals surface area contributed by atoms with Crippen LogP contribution in [0, 0.1) is 0 Å². The van der Waals surface area contributed by atoms with E-state index in [9.17, 15) is 4.79 Å². The second kappa shape index (κ2) is 8.44. The molecule has 0 aliphatic carbocycles. The van der Waals surface area contributed by atoms with E-state index in [0.717, 1.165) is 22.0 Å². The minimum Gasteiger partial charge on any atom is -0.497 e. The number of thioether (sulfide) groups is 1. The second-order valence-electron chi connectivity index (χ2n) is 7.14. The highest BCUT2D eigenvalue weighted by Crippen LogP contribution is 2.41. The summed E-state index contributed by atoms with van der Waals surface area (Å²) in [5.74, 6) is 2.31. The van der Waals surface area contributed by atoms with Gasteiger partial charge in [-0.15, -0.1) is 11.8 Å². The van der Waals surface area contributed by atoms with Gasteiger partial charge in [-0.1, -0.05) is 11.6 Å². The van der Waals surface area contributed by atoms with Crippen LogP contribution in [0.4, 0.5) is 0 Å². The van der Waals surface area contributed by atoms with Gasteiger partial charge >= 0.3 is 0 Å². The zero-order valence-electron chi connectivity index (χ0n) is 15.8. The van der Waals surface area contributed by atoms with Gasteiger partial charge in [0.15, 0.2) is 0 Å². The van der Waals surface area contributed by atoms with E-state index in [0.29, 0.717) is 23.6 Å². The number of rotatable bonds is 6. The molecule has 1 aliphatic heterocycles. The van der Waals surface area contributed by atoms with Gasteiger partial charge in [-0.25, -0.2) is 0 Å². The van der Waals surface area contributed by atoms with Crippen molar-refractivity contribution in [3.63, 3.8) is 0 Å². The van der Waals surface area contributed by atoms with Crippen molar-refractivity contribution in [2.45, 2.75) is 43.2 Å². The summed E-state index contributed by atoms with van der Waals surface area (Å²) >= 11 is 7.54. The number of methoxy groups -OCH3 is 1. The fourth-order valence-electron chi connectivity index (χ4n) is 3.15. The molecule has 2 aromatic carbocycles. The number of fused-ring (bicyclic) bond motifs is 1. The van der Waals surface area contributed by atoms with E-state index < -0.39 is 0 Å². The molecule has 0 aromatic heterocycles. The van der Waals surface area contributed by atoms with Gasteiger partial charge in [-0.05, 0) is 56.3 Å². The van der Waals surface area contributed by atoms with Gasteiger partial charge in [0.2, 0.25) is 5.91 Å². The molecular weight excluding hydrogens is 382 g/mol. The lowest BCUT2D eigenvalue weighted by Gasteiger charge is -2.38. The second-order valence-corrected chi connectivity index (χ2v) is 8.75. The standard InChI is InChI=1S/C21H24ClNO3S/c1-21(2)13-18(17-12-15(25-3)6-9-19(17)26-21)23-20(24)10-11-27-16-7-4-14(22)5-8-16/h4-9,12,18H,10-11,13H2,1-3H3,(H,23,24)/t18-/m1/s1.